The van der Waals surface area contributed by atoms with Crippen LogP contribution in [0.2, 0.25) is 0 Å². The minimum Gasteiger partial charge on any atom is -0.454 e. The minimum absolute atomic E-state index is 0.223. The Balaban J connectivity index is 1.40. The Morgan fingerprint density at radius 2 is 1.66 bits per heavy atom. The van der Waals surface area contributed by atoms with Crippen molar-refractivity contribution in [1.29, 1.82) is 5.26 Å². The smallest absolute Gasteiger partial charge is 0.231 e. The first kappa shape index (κ1) is 19.3. The third-order valence-corrected chi connectivity index (χ3v) is 8.79. The van der Waals surface area contributed by atoms with Crippen molar-refractivity contribution < 1.29 is 9.47 Å². The molecule has 4 heterocycles. The molecular formula is C26H15NO2S3. The van der Waals surface area contributed by atoms with Gasteiger partial charge in [0.1, 0.15) is 0 Å². The fourth-order valence-corrected chi connectivity index (χ4v) is 7.02. The molecule has 0 unspecified atom stereocenters. The van der Waals surface area contributed by atoms with Crippen LogP contribution in [-0.4, -0.2) is 6.79 Å². The van der Waals surface area contributed by atoms with Gasteiger partial charge in [0.2, 0.25) is 6.79 Å². The number of fused-ring (bicyclic) bond motifs is 2. The summed E-state index contributed by atoms with van der Waals surface area (Å²) in [5.74, 6) is 1.40. The van der Waals surface area contributed by atoms with Gasteiger partial charge in [-0.05, 0) is 53.4 Å². The van der Waals surface area contributed by atoms with Crippen LogP contribution in [0.15, 0.2) is 72.1 Å². The molecule has 0 bridgehead atoms. The Hall–Kier alpha value is -3.37. The van der Waals surface area contributed by atoms with Crippen LogP contribution in [0.4, 0.5) is 0 Å². The van der Waals surface area contributed by atoms with Crippen LogP contribution < -0.4 is 9.47 Å². The van der Waals surface area contributed by atoms with Gasteiger partial charge in [0.15, 0.2) is 11.5 Å². The lowest BCUT2D eigenvalue weighted by Gasteiger charge is -2.01. The van der Waals surface area contributed by atoms with E-state index in [1.807, 2.05) is 35.6 Å². The fraction of sp³-hybridized carbons (Fsp3) is 0.0385. The summed E-state index contributed by atoms with van der Waals surface area (Å²) in [6.45, 7) is 0.223. The SMILES string of the molecule is N#C/C(=C\c1ccc(-c2sc(-c3cccs3)c3ccccc23)s1)c1ccc2c(c1)OCO2. The highest BCUT2D eigenvalue weighted by atomic mass is 32.1. The molecule has 1 aliphatic rings. The standard InChI is InChI=1S/C26H15NO2S3/c27-14-17(16-7-9-21-22(13-16)29-15-28-21)12-18-8-10-24(31-18)26-20-5-2-1-4-19(20)25(32-26)23-6-3-11-30-23/h1-13H,15H2/b17-12+. The van der Waals surface area contributed by atoms with Gasteiger partial charge < -0.3 is 9.47 Å². The zero-order valence-corrected chi connectivity index (χ0v) is 19.2. The molecule has 0 aliphatic carbocycles. The number of allylic oxidation sites excluding steroid dienone is 1. The van der Waals surface area contributed by atoms with Gasteiger partial charge in [-0.25, -0.2) is 0 Å². The number of nitriles is 1. The van der Waals surface area contributed by atoms with Crippen LogP contribution in [-0.2, 0) is 0 Å². The van der Waals surface area contributed by atoms with E-state index in [0.29, 0.717) is 11.3 Å². The molecule has 2 aromatic carbocycles. The number of hydrogen-bond acceptors (Lipinski definition) is 6. The van der Waals surface area contributed by atoms with E-state index in [4.69, 9.17) is 9.47 Å². The Morgan fingerprint density at radius 1 is 0.844 bits per heavy atom. The maximum Gasteiger partial charge on any atom is 0.231 e. The van der Waals surface area contributed by atoms with Crippen LogP contribution in [0.1, 0.15) is 10.4 Å². The van der Waals surface area contributed by atoms with E-state index < -0.39 is 0 Å². The normalized spacial score (nSPS) is 12.9. The highest BCUT2D eigenvalue weighted by Gasteiger charge is 2.17. The van der Waals surface area contributed by atoms with Gasteiger partial charge in [-0.3, -0.25) is 0 Å². The Bertz CT molecular complexity index is 1520. The predicted octanol–water partition coefficient (Wildman–Crippen LogP) is 8.15. The van der Waals surface area contributed by atoms with Gasteiger partial charge in [-0.1, -0.05) is 30.3 Å². The van der Waals surface area contributed by atoms with Gasteiger partial charge in [-0.15, -0.1) is 34.0 Å². The number of hydrogen-bond donors (Lipinski definition) is 0. The number of thiophene rings is 3. The molecule has 6 heteroatoms. The second kappa shape index (κ2) is 7.95. The second-order valence-corrected chi connectivity index (χ2v) is 10.3. The van der Waals surface area contributed by atoms with Crippen molar-refractivity contribution in [3.63, 3.8) is 0 Å². The molecule has 3 nitrogen and oxygen atoms in total. The topological polar surface area (TPSA) is 42.2 Å². The summed E-state index contributed by atoms with van der Waals surface area (Å²) in [4.78, 5) is 6.14. The number of rotatable bonds is 4. The molecule has 1 aliphatic heterocycles. The quantitative estimate of drug-likeness (QED) is 0.249. The summed E-state index contributed by atoms with van der Waals surface area (Å²) in [6.07, 6.45) is 1.95. The largest absolute Gasteiger partial charge is 0.454 e. The number of benzene rings is 2. The zero-order valence-electron chi connectivity index (χ0n) is 16.7. The molecular weight excluding hydrogens is 454 g/mol. The van der Waals surface area contributed by atoms with Gasteiger partial charge in [0.05, 0.1) is 21.4 Å². The monoisotopic (exact) mass is 469 g/mol. The average Bonchev–Trinajstić information content (AvgIpc) is 3.62. The van der Waals surface area contributed by atoms with Crippen molar-refractivity contribution >= 4 is 56.4 Å². The van der Waals surface area contributed by atoms with Crippen molar-refractivity contribution in [2.24, 2.45) is 0 Å². The maximum absolute atomic E-state index is 9.78. The summed E-state index contributed by atoms with van der Waals surface area (Å²) >= 11 is 5.31. The minimum atomic E-state index is 0.223. The van der Waals surface area contributed by atoms with E-state index in [0.717, 1.165) is 16.2 Å². The van der Waals surface area contributed by atoms with Crippen LogP contribution in [0, 0.1) is 11.3 Å². The van der Waals surface area contributed by atoms with Crippen molar-refractivity contribution in [2.75, 3.05) is 6.79 Å². The van der Waals surface area contributed by atoms with E-state index in [9.17, 15) is 5.26 Å². The Kier molecular flexibility index (Phi) is 4.80. The van der Waals surface area contributed by atoms with Gasteiger partial charge >= 0.3 is 0 Å². The summed E-state index contributed by atoms with van der Waals surface area (Å²) < 4.78 is 10.8. The third kappa shape index (κ3) is 3.32. The molecule has 0 atom stereocenters. The molecule has 5 aromatic rings. The lowest BCUT2D eigenvalue weighted by atomic mass is 10.1. The van der Waals surface area contributed by atoms with E-state index in [-0.39, 0.29) is 6.79 Å². The predicted molar refractivity (Wildman–Crippen MR) is 134 cm³/mol. The lowest BCUT2D eigenvalue weighted by Crippen LogP contribution is -1.92. The van der Waals surface area contributed by atoms with Crippen LogP contribution in [0.25, 0.3) is 41.9 Å². The van der Waals surface area contributed by atoms with Crippen molar-refractivity contribution in [1.82, 2.24) is 0 Å². The second-order valence-electron chi connectivity index (χ2n) is 7.22. The van der Waals surface area contributed by atoms with Crippen LogP contribution in [0.3, 0.4) is 0 Å². The Labute approximate surface area is 197 Å². The molecule has 0 saturated heterocycles. The maximum atomic E-state index is 9.78. The summed E-state index contributed by atoms with van der Waals surface area (Å²) in [6, 6.07) is 25.1. The van der Waals surface area contributed by atoms with Gasteiger partial charge in [0, 0.05) is 25.4 Å². The molecule has 0 saturated carbocycles. The number of nitrogens with zero attached hydrogens (tertiary/aromatic N) is 1. The summed E-state index contributed by atoms with van der Waals surface area (Å²) in [5, 5.41) is 14.5. The number of ether oxygens (including phenoxy) is 2. The molecule has 154 valence electrons. The molecule has 32 heavy (non-hydrogen) atoms. The molecule has 0 N–H and O–H groups in total. The van der Waals surface area contributed by atoms with E-state index in [2.05, 4.69) is 60.0 Å². The van der Waals surface area contributed by atoms with Gasteiger partial charge in [-0.2, -0.15) is 5.26 Å². The lowest BCUT2D eigenvalue weighted by molar-refractivity contribution is 0.174. The molecule has 0 fully saturated rings. The first-order valence-electron chi connectivity index (χ1n) is 9.97. The van der Waals surface area contributed by atoms with E-state index >= 15 is 0 Å². The average molecular weight is 470 g/mol. The van der Waals surface area contributed by atoms with Crippen LogP contribution in [0.5, 0.6) is 11.5 Å². The Morgan fingerprint density at radius 3 is 2.44 bits per heavy atom. The molecule has 3 aromatic heterocycles. The highest BCUT2D eigenvalue weighted by molar-refractivity contribution is 7.27. The zero-order chi connectivity index (χ0) is 21.5. The summed E-state index contributed by atoms with van der Waals surface area (Å²) in [7, 11) is 0. The first-order chi connectivity index (χ1) is 15.8. The summed E-state index contributed by atoms with van der Waals surface area (Å²) in [5.41, 5.74) is 1.43. The first-order valence-corrected chi connectivity index (χ1v) is 12.5. The van der Waals surface area contributed by atoms with E-state index in [1.54, 1.807) is 22.7 Å². The van der Waals surface area contributed by atoms with Crippen molar-refractivity contribution in [3.05, 3.63) is 82.6 Å². The van der Waals surface area contributed by atoms with E-state index in [1.165, 1.54) is 30.3 Å². The van der Waals surface area contributed by atoms with Crippen molar-refractivity contribution in [2.45, 2.75) is 0 Å². The third-order valence-electron chi connectivity index (χ3n) is 5.31. The van der Waals surface area contributed by atoms with Gasteiger partial charge in [0.25, 0.3) is 0 Å². The van der Waals surface area contributed by atoms with Crippen LogP contribution >= 0.6 is 34.0 Å². The molecule has 6 rings (SSSR count). The fourth-order valence-electron chi connectivity index (χ4n) is 3.80. The highest BCUT2D eigenvalue weighted by Crippen LogP contribution is 2.47. The molecule has 0 amide bonds. The van der Waals surface area contributed by atoms with Crippen molar-refractivity contribution in [3.8, 4) is 37.1 Å². The molecule has 0 radical (unpaired) electrons. The molecule has 0 spiro atoms.